The minimum Gasteiger partial charge on any atom is -0.382 e. The zero-order valence-electron chi connectivity index (χ0n) is 10.6. The normalized spacial score (nSPS) is 10.5. The van der Waals surface area contributed by atoms with E-state index < -0.39 is 4.92 Å². The van der Waals surface area contributed by atoms with Crippen LogP contribution in [-0.2, 0) is 0 Å². The Hall–Kier alpha value is -3.36. The number of aromatic nitrogens is 5. The maximum Gasteiger partial charge on any atom is 0.269 e. The largest absolute Gasteiger partial charge is 0.382 e. The Morgan fingerprint density at radius 1 is 1.19 bits per heavy atom. The van der Waals surface area contributed by atoms with Gasteiger partial charge < -0.3 is 5.73 Å². The summed E-state index contributed by atoms with van der Waals surface area (Å²) in [4.78, 5) is 22.3. The van der Waals surface area contributed by atoms with Crippen molar-refractivity contribution in [2.75, 3.05) is 5.73 Å². The third-order valence-electron chi connectivity index (χ3n) is 2.70. The molecule has 3 rings (SSSR count). The van der Waals surface area contributed by atoms with Crippen molar-refractivity contribution in [3.05, 3.63) is 53.1 Å². The van der Waals surface area contributed by atoms with Gasteiger partial charge in [0, 0.05) is 17.7 Å². The molecule has 3 aromatic rings. The summed E-state index contributed by atoms with van der Waals surface area (Å²) in [5, 5.41) is 14.9. The van der Waals surface area contributed by atoms with E-state index in [4.69, 9.17) is 5.73 Å². The molecule has 0 aliphatic carbocycles. The molecule has 0 bridgehead atoms. The lowest BCUT2D eigenvalue weighted by Crippen LogP contribution is -2.02. The molecule has 0 fully saturated rings. The summed E-state index contributed by atoms with van der Waals surface area (Å²) in [5.41, 5.74) is 6.24. The number of nitrogen functional groups attached to an aromatic ring is 1. The highest BCUT2D eigenvalue weighted by molar-refractivity contribution is 5.56. The Morgan fingerprint density at radius 2 is 1.95 bits per heavy atom. The van der Waals surface area contributed by atoms with Crippen LogP contribution < -0.4 is 5.73 Å². The van der Waals surface area contributed by atoms with Crippen molar-refractivity contribution in [2.45, 2.75) is 0 Å². The standard InChI is InChI=1S/C12H9N7O2/c13-10-5-14-6-11(16-10)18-7-15-12(17-18)8-1-3-9(4-2-8)19(20)21/h1-7H,(H2,13,16). The van der Waals surface area contributed by atoms with Crippen molar-refractivity contribution in [2.24, 2.45) is 0 Å². The molecule has 0 spiro atoms. The third kappa shape index (κ3) is 2.52. The van der Waals surface area contributed by atoms with Gasteiger partial charge in [0.15, 0.2) is 11.6 Å². The van der Waals surface area contributed by atoms with E-state index in [1.54, 1.807) is 12.1 Å². The molecule has 2 aromatic heterocycles. The Kier molecular flexibility index (Phi) is 2.99. The molecule has 104 valence electrons. The quantitative estimate of drug-likeness (QED) is 0.565. The average Bonchev–Trinajstić information content (AvgIpc) is 2.97. The van der Waals surface area contributed by atoms with Crippen LogP contribution in [0.2, 0.25) is 0 Å². The highest BCUT2D eigenvalue weighted by Crippen LogP contribution is 2.19. The van der Waals surface area contributed by atoms with Gasteiger partial charge in [0.25, 0.3) is 5.69 Å². The minimum absolute atomic E-state index is 0.0138. The first-order chi connectivity index (χ1) is 10.1. The van der Waals surface area contributed by atoms with E-state index in [2.05, 4.69) is 20.1 Å². The predicted octanol–water partition coefficient (Wildman–Crippen LogP) is 1.21. The molecule has 0 amide bonds. The Labute approximate surface area is 118 Å². The first-order valence-electron chi connectivity index (χ1n) is 5.88. The number of hydrogen-bond acceptors (Lipinski definition) is 7. The molecule has 0 aliphatic rings. The minimum atomic E-state index is -0.460. The summed E-state index contributed by atoms with van der Waals surface area (Å²) in [7, 11) is 0. The zero-order chi connectivity index (χ0) is 14.8. The lowest BCUT2D eigenvalue weighted by Gasteiger charge is -1.99. The number of nitrogens with two attached hydrogens (primary N) is 1. The lowest BCUT2D eigenvalue weighted by molar-refractivity contribution is -0.384. The van der Waals surface area contributed by atoms with Crippen LogP contribution in [0.1, 0.15) is 0 Å². The van der Waals surface area contributed by atoms with E-state index in [0.29, 0.717) is 17.2 Å². The second-order valence-electron chi connectivity index (χ2n) is 4.12. The van der Waals surface area contributed by atoms with Gasteiger partial charge in [-0.3, -0.25) is 15.1 Å². The van der Waals surface area contributed by atoms with Gasteiger partial charge in [-0.1, -0.05) is 0 Å². The van der Waals surface area contributed by atoms with Gasteiger partial charge in [0.1, 0.15) is 12.1 Å². The Balaban J connectivity index is 1.93. The molecule has 21 heavy (non-hydrogen) atoms. The van der Waals surface area contributed by atoms with Crippen molar-refractivity contribution in [1.82, 2.24) is 24.7 Å². The molecule has 0 unspecified atom stereocenters. The molecule has 0 atom stereocenters. The van der Waals surface area contributed by atoms with Crippen molar-refractivity contribution < 1.29 is 4.92 Å². The van der Waals surface area contributed by atoms with E-state index in [0.717, 1.165) is 0 Å². The Bertz CT molecular complexity index is 797. The molecule has 1 aromatic carbocycles. The van der Waals surface area contributed by atoms with Gasteiger partial charge in [-0.2, -0.15) is 0 Å². The topological polar surface area (TPSA) is 126 Å². The summed E-state index contributed by atoms with van der Waals surface area (Å²) in [6.45, 7) is 0. The van der Waals surface area contributed by atoms with Crippen molar-refractivity contribution in [3.8, 4) is 17.2 Å². The van der Waals surface area contributed by atoms with E-state index in [1.165, 1.54) is 35.5 Å². The maximum absolute atomic E-state index is 10.6. The average molecular weight is 283 g/mol. The van der Waals surface area contributed by atoms with Crippen LogP contribution in [0.25, 0.3) is 17.2 Å². The Morgan fingerprint density at radius 3 is 2.62 bits per heavy atom. The van der Waals surface area contributed by atoms with Crippen LogP contribution in [0, 0.1) is 10.1 Å². The van der Waals surface area contributed by atoms with Crippen molar-refractivity contribution >= 4 is 11.5 Å². The molecular formula is C12H9N7O2. The second kappa shape index (κ2) is 4.96. The summed E-state index contributed by atoms with van der Waals surface area (Å²) in [6, 6.07) is 5.97. The summed E-state index contributed by atoms with van der Waals surface area (Å²) >= 11 is 0. The maximum atomic E-state index is 10.6. The first-order valence-corrected chi connectivity index (χ1v) is 5.88. The van der Waals surface area contributed by atoms with Gasteiger partial charge in [-0.15, -0.1) is 5.10 Å². The van der Waals surface area contributed by atoms with Crippen LogP contribution in [0.5, 0.6) is 0 Å². The molecule has 2 heterocycles. The van der Waals surface area contributed by atoms with Gasteiger partial charge in [-0.25, -0.2) is 14.6 Å². The van der Waals surface area contributed by atoms with Crippen molar-refractivity contribution in [3.63, 3.8) is 0 Å². The van der Waals surface area contributed by atoms with Crippen LogP contribution in [-0.4, -0.2) is 29.7 Å². The smallest absolute Gasteiger partial charge is 0.269 e. The monoisotopic (exact) mass is 283 g/mol. The molecule has 0 saturated carbocycles. The number of anilines is 1. The summed E-state index contributed by atoms with van der Waals surface area (Å²) in [6.07, 6.45) is 4.41. The van der Waals surface area contributed by atoms with Gasteiger partial charge >= 0.3 is 0 Å². The van der Waals surface area contributed by atoms with E-state index in [9.17, 15) is 10.1 Å². The summed E-state index contributed by atoms with van der Waals surface area (Å²) < 4.78 is 1.43. The number of hydrogen-bond donors (Lipinski definition) is 1. The molecule has 9 nitrogen and oxygen atoms in total. The number of benzene rings is 1. The number of nitrogens with zero attached hydrogens (tertiary/aromatic N) is 6. The van der Waals surface area contributed by atoms with Crippen LogP contribution in [0.3, 0.4) is 0 Å². The van der Waals surface area contributed by atoms with Crippen LogP contribution in [0.4, 0.5) is 11.5 Å². The van der Waals surface area contributed by atoms with Crippen LogP contribution >= 0.6 is 0 Å². The van der Waals surface area contributed by atoms with E-state index >= 15 is 0 Å². The zero-order valence-corrected chi connectivity index (χ0v) is 10.6. The van der Waals surface area contributed by atoms with Gasteiger partial charge in [0.05, 0.1) is 17.3 Å². The molecule has 9 heteroatoms. The number of nitro groups is 1. The van der Waals surface area contributed by atoms with Gasteiger partial charge in [0.2, 0.25) is 0 Å². The fourth-order valence-electron chi connectivity index (χ4n) is 1.72. The highest BCUT2D eigenvalue weighted by atomic mass is 16.6. The molecule has 0 radical (unpaired) electrons. The fourth-order valence-corrected chi connectivity index (χ4v) is 1.72. The van der Waals surface area contributed by atoms with Crippen molar-refractivity contribution in [1.29, 1.82) is 0 Å². The second-order valence-corrected chi connectivity index (χ2v) is 4.12. The number of rotatable bonds is 3. The lowest BCUT2D eigenvalue weighted by atomic mass is 10.2. The number of nitro benzene ring substituents is 1. The highest BCUT2D eigenvalue weighted by Gasteiger charge is 2.09. The molecular weight excluding hydrogens is 274 g/mol. The van der Waals surface area contributed by atoms with Gasteiger partial charge in [-0.05, 0) is 12.1 Å². The van der Waals surface area contributed by atoms with E-state index in [1.807, 2.05) is 0 Å². The fraction of sp³-hybridized carbons (Fsp3) is 0. The first kappa shape index (κ1) is 12.7. The molecule has 0 aliphatic heterocycles. The number of non-ortho nitro benzene ring substituents is 1. The van der Waals surface area contributed by atoms with E-state index in [-0.39, 0.29) is 11.5 Å². The molecule has 2 N–H and O–H groups in total. The third-order valence-corrected chi connectivity index (χ3v) is 2.70. The SMILES string of the molecule is Nc1cncc(-n2cnc(-c3ccc([N+](=O)[O-])cc3)n2)n1. The van der Waals surface area contributed by atoms with Crippen LogP contribution in [0.15, 0.2) is 43.0 Å². The predicted molar refractivity (Wildman–Crippen MR) is 73.5 cm³/mol. The summed E-state index contributed by atoms with van der Waals surface area (Å²) in [5.74, 6) is 1.14. The molecule has 0 saturated heterocycles.